The maximum absolute atomic E-state index is 12.0. The van der Waals surface area contributed by atoms with Crippen molar-refractivity contribution in [3.8, 4) is 0 Å². The normalized spacial score (nSPS) is 16.2. The average Bonchev–Trinajstić information content (AvgIpc) is 3.03. The van der Waals surface area contributed by atoms with Crippen LogP contribution in [0.15, 0.2) is 0 Å². The number of nitrogens with one attached hydrogen (secondary N) is 1. The third kappa shape index (κ3) is 2.89. The van der Waals surface area contributed by atoms with Crippen molar-refractivity contribution in [2.75, 3.05) is 25.4 Å². The van der Waals surface area contributed by atoms with Crippen LogP contribution in [-0.2, 0) is 25.5 Å². The first-order chi connectivity index (χ1) is 10.0. The van der Waals surface area contributed by atoms with Crippen LogP contribution >= 0.6 is 22.9 Å². The Balaban J connectivity index is 2.48. The van der Waals surface area contributed by atoms with E-state index in [2.05, 4.69) is 5.32 Å². The zero-order chi connectivity index (χ0) is 15.6. The Morgan fingerprint density at radius 3 is 2.62 bits per heavy atom. The molecule has 0 saturated carbocycles. The summed E-state index contributed by atoms with van der Waals surface area (Å²) in [6.45, 7) is 0. The molecule has 0 fully saturated rings. The maximum Gasteiger partial charge on any atom is 0.341 e. The van der Waals surface area contributed by atoms with Gasteiger partial charge in [0.1, 0.15) is 10.9 Å². The van der Waals surface area contributed by atoms with Crippen molar-refractivity contribution < 1.29 is 23.9 Å². The van der Waals surface area contributed by atoms with E-state index in [-0.39, 0.29) is 11.4 Å². The zero-order valence-corrected chi connectivity index (χ0v) is 13.1. The van der Waals surface area contributed by atoms with E-state index in [1.165, 1.54) is 25.6 Å². The molecule has 8 heteroatoms. The molecule has 1 aliphatic rings. The third-order valence-corrected chi connectivity index (χ3v) is 4.70. The lowest BCUT2D eigenvalue weighted by molar-refractivity contribution is -0.142. The summed E-state index contributed by atoms with van der Waals surface area (Å²) in [6.07, 6.45) is 1.24. The molecule has 21 heavy (non-hydrogen) atoms. The van der Waals surface area contributed by atoms with Crippen molar-refractivity contribution >= 4 is 45.8 Å². The molecule has 1 atom stereocenters. The molecular formula is C13H14ClNO5S. The minimum Gasteiger partial charge on any atom is -0.469 e. The minimum atomic E-state index is -0.590. The number of fused-ring (bicyclic) bond motifs is 1. The second kappa shape index (κ2) is 6.44. The van der Waals surface area contributed by atoms with Gasteiger partial charge in [0.25, 0.3) is 0 Å². The van der Waals surface area contributed by atoms with Gasteiger partial charge in [-0.2, -0.15) is 0 Å². The summed E-state index contributed by atoms with van der Waals surface area (Å²) in [5.41, 5.74) is 0.826. The topological polar surface area (TPSA) is 81.7 Å². The fourth-order valence-electron chi connectivity index (χ4n) is 2.40. The predicted octanol–water partition coefficient (Wildman–Crippen LogP) is 1.91. The highest BCUT2D eigenvalue weighted by atomic mass is 35.5. The quantitative estimate of drug-likeness (QED) is 0.673. The fraction of sp³-hybridized carbons (Fsp3) is 0.462. The summed E-state index contributed by atoms with van der Waals surface area (Å²) in [7, 11) is 2.56. The molecule has 114 valence electrons. The largest absolute Gasteiger partial charge is 0.469 e. The molecule has 6 nitrogen and oxygen atoms in total. The third-order valence-electron chi connectivity index (χ3n) is 3.28. The van der Waals surface area contributed by atoms with Crippen LogP contribution in [0.3, 0.4) is 0 Å². The molecule has 1 aliphatic carbocycles. The van der Waals surface area contributed by atoms with Crippen LogP contribution < -0.4 is 5.32 Å². The van der Waals surface area contributed by atoms with Gasteiger partial charge in [0.2, 0.25) is 5.91 Å². The number of thiophene rings is 1. The van der Waals surface area contributed by atoms with Gasteiger partial charge >= 0.3 is 11.9 Å². The van der Waals surface area contributed by atoms with E-state index >= 15 is 0 Å². The standard InChI is InChI=1S/C13H14ClNO5S/c1-19-12(17)6-3-4-7-9(6)10(13(18)20-2)11(21-7)15-8(16)5-14/h6H,3-5H2,1-2H3,(H,15,16). The molecule has 0 bridgehead atoms. The number of halogens is 1. The minimum absolute atomic E-state index is 0.219. The molecular weight excluding hydrogens is 318 g/mol. The molecule has 0 spiro atoms. The van der Waals surface area contributed by atoms with E-state index in [1.54, 1.807) is 0 Å². The van der Waals surface area contributed by atoms with Crippen LogP contribution in [0, 0.1) is 0 Å². The van der Waals surface area contributed by atoms with Crippen LogP contribution in [0.4, 0.5) is 5.00 Å². The van der Waals surface area contributed by atoms with Crippen molar-refractivity contribution in [1.82, 2.24) is 0 Å². The second-order valence-electron chi connectivity index (χ2n) is 4.43. The van der Waals surface area contributed by atoms with Crippen molar-refractivity contribution in [2.45, 2.75) is 18.8 Å². The molecule has 1 aromatic rings. The van der Waals surface area contributed by atoms with Gasteiger partial charge in [-0.05, 0) is 18.4 Å². The number of rotatable bonds is 4. The van der Waals surface area contributed by atoms with Crippen LogP contribution in [-0.4, -0.2) is 37.9 Å². The molecule has 1 N–H and O–H groups in total. The monoisotopic (exact) mass is 331 g/mol. The number of amides is 1. The first-order valence-corrected chi connectivity index (χ1v) is 7.56. The molecule has 1 unspecified atom stereocenters. The fourth-order valence-corrected chi connectivity index (χ4v) is 3.74. The lowest BCUT2D eigenvalue weighted by Gasteiger charge is -2.11. The van der Waals surface area contributed by atoms with E-state index in [0.29, 0.717) is 23.4 Å². The van der Waals surface area contributed by atoms with Gasteiger partial charge in [0.05, 0.1) is 25.7 Å². The van der Waals surface area contributed by atoms with Crippen molar-refractivity contribution in [2.24, 2.45) is 0 Å². The highest BCUT2D eigenvalue weighted by Gasteiger charge is 2.38. The Bertz CT molecular complexity index is 598. The molecule has 1 heterocycles. The molecule has 2 rings (SSSR count). The highest BCUT2D eigenvalue weighted by molar-refractivity contribution is 7.17. The van der Waals surface area contributed by atoms with E-state index in [4.69, 9.17) is 21.1 Å². The Labute approximate surface area is 130 Å². The zero-order valence-electron chi connectivity index (χ0n) is 11.5. The van der Waals surface area contributed by atoms with Gasteiger partial charge in [-0.1, -0.05) is 0 Å². The van der Waals surface area contributed by atoms with Crippen LogP contribution in [0.2, 0.25) is 0 Å². The summed E-state index contributed by atoms with van der Waals surface area (Å²) in [5.74, 6) is -2.13. The van der Waals surface area contributed by atoms with Crippen molar-refractivity contribution in [1.29, 1.82) is 0 Å². The summed E-state index contributed by atoms with van der Waals surface area (Å²) in [4.78, 5) is 36.2. The van der Waals surface area contributed by atoms with Gasteiger partial charge in [0.15, 0.2) is 0 Å². The van der Waals surface area contributed by atoms with Gasteiger partial charge in [0, 0.05) is 4.88 Å². The van der Waals surface area contributed by atoms with E-state index in [1.807, 2.05) is 0 Å². The lowest BCUT2D eigenvalue weighted by Crippen LogP contribution is -2.18. The molecule has 0 aliphatic heterocycles. The molecule has 0 radical (unpaired) electrons. The number of carbonyl (C=O) groups is 3. The first-order valence-electron chi connectivity index (χ1n) is 6.21. The second-order valence-corrected chi connectivity index (χ2v) is 5.80. The molecule has 1 aromatic heterocycles. The van der Waals surface area contributed by atoms with Gasteiger partial charge in [-0.25, -0.2) is 4.79 Å². The Morgan fingerprint density at radius 1 is 1.33 bits per heavy atom. The van der Waals surface area contributed by atoms with Crippen LogP contribution in [0.25, 0.3) is 0 Å². The summed E-state index contributed by atoms with van der Waals surface area (Å²) in [5, 5.41) is 2.94. The Kier molecular flexibility index (Phi) is 4.84. The Hall–Kier alpha value is -1.60. The van der Waals surface area contributed by atoms with Crippen molar-refractivity contribution in [3.63, 3.8) is 0 Å². The highest BCUT2D eigenvalue weighted by Crippen LogP contribution is 2.45. The number of carbonyl (C=O) groups excluding carboxylic acids is 3. The smallest absolute Gasteiger partial charge is 0.341 e. The van der Waals surface area contributed by atoms with Gasteiger partial charge in [-0.3, -0.25) is 9.59 Å². The Morgan fingerprint density at radius 2 is 2.05 bits per heavy atom. The molecule has 0 saturated heterocycles. The van der Waals surface area contributed by atoms with E-state index in [0.717, 1.165) is 4.88 Å². The van der Waals surface area contributed by atoms with Crippen LogP contribution in [0.5, 0.6) is 0 Å². The van der Waals surface area contributed by atoms with Crippen LogP contribution in [0.1, 0.15) is 33.1 Å². The first kappa shape index (κ1) is 15.8. The summed E-state index contributed by atoms with van der Waals surface area (Å²) in [6, 6.07) is 0. The van der Waals surface area contributed by atoms with E-state index < -0.39 is 23.8 Å². The molecule has 0 aromatic carbocycles. The van der Waals surface area contributed by atoms with E-state index in [9.17, 15) is 14.4 Å². The van der Waals surface area contributed by atoms with Crippen molar-refractivity contribution in [3.05, 3.63) is 16.0 Å². The number of methoxy groups -OCH3 is 2. The number of alkyl halides is 1. The number of esters is 2. The lowest BCUT2D eigenvalue weighted by atomic mass is 9.99. The predicted molar refractivity (Wildman–Crippen MR) is 78.1 cm³/mol. The summed E-state index contributed by atoms with van der Waals surface area (Å²) < 4.78 is 9.54. The summed E-state index contributed by atoms with van der Waals surface area (Å²) >= 11 is 6.73. The maximum atomic E-state index is 12.0. The number of aryl methyl sites for hydroxylation is 1. The number of anilines is 1. The number of hydrogen-bond acceptors (Lipinski definition) is 6. The van der Waals surface area contributed by atoms with Gasteiger partial charge in [-0.15, -0.1) is 22.9 Å². The molecule has 1 amide bonds. The SMILES string of the molecule is COC(=O)c1c(NC(=O)CCl)sc2c1C(C(=O)OC)CC2. The average molecular weight is 332 g/mol. The van der Waals surface area contributed by atoms with Gasteiger partial charge < -0.3 is 14.8 Å². The number of ether oxygens (including phenoxy) is 2. The number of hydrogen-bond donors (Lipinski definition) is 1.